The molecular formula is C28H25N5O3. The van der Waals surface area contributed by atoms with Crippen LogP contribution in [0.2, 0.25) is 0 Å². The van der Waals surface area contributed by atoms with E-state index < -0.39 is 0 Å². The van der Waals surface area contributed by atoms with Crippen molar-refractivity contribution in [3.05, 3.63) is 96.6 Å². The molecule has 1 N–H and O–H groups in total. The standard InChI is InChI=1S/C28H25N5O3/c1-35-24-10-6-5-9-23(24)28-31-30-25-15-16-27(32-33(25)28)36-18-17-29-26(34)19-20-11-13-22(14-12-20)21-7-3-2-4-8-21/h2-16H,17-19H2,1H3,(H,29,34). The number of hydrogen-bond donors (Lipinski definition) is 1. The van der Waals surface area contributed by atoms with Crippen molar-refractivity contribution < 1.29 is 14.3 Å². The number of hydrogen-bond acceptors (Lipinski definition) is 6. The van der Waals surface area contributed by atoms with E-state index in [0.717, 1.165) is 22.3 Å². The van der Waals surface area contributed by atoms with Gasteiger partial charge in [0.1, 0.15) is 12.4 Å². The maximum absolute atomic E-state index is 12.4. The van der Waals surface area contributed by atoms with Gasteiger partial charge in [-0.3, -0.25) is 4.79 Å². The largest absolute Gasteiger partial charge is 0.496 e. The van der Waals surface area contributed by atoms with Gasteiger partial charge in [0.05, 0.1) is 25.6 Å². The summed E-state index contributed by atoms with van der Waals surface area (Å²) in [6.45, 7) is 0.644. The molecule has 3 aromatic carbocycles. The Kier molecular flexibility index (Phi) is 6.84. The van der Waals surface area contributed by atoms with E-state index in [2.05, 4.69) is 32.7 Å². The summed E-state index contributed by atoms with van der Waals surface area (Å²) in [5, 5.41) is 15.8. The molecule has 0 atom stereocenters. The second-order valence-corrected chi connectivity index (χ2v) is 8.10. The molecule has 8 nitrogen and oxygen atoms in total. The summed E-state index contributed by atoms with van der Waals surface area (Å²) in [7, 11) is 1.61. The average molecular weight is 480 g/mol. The minimum absolute atomic E-state index is 0.0632. The summed E-state index contributed by atoms with van der Waals surface area (Å²) in [4.78, 5) is 12.4. The Morgan fingerprint density at radius 3 is 2.42 bits per heavy atom. The summed E-state index contributed by atoms with van der Waals surface area (Å²) in [5.41, 5.74) is 4.60. The minimum atomic E-state index is -0.0632. The van der Waals surface area contributed by atoms with Crippen molar-refractivity contribution in [2.24, 2.45) is 0 Å². The lowest BCUT2D eigenvalue weighted by molar-refractivity contribution is -0.120. The van der Waals surface area contributed by atoms with E-state index in [1.807, 2.05) is 66.7 Å². The van der Waals surface area contributed by atoms with Crippen LogP contribution >= 0.6 is 0 Å². The van der Waals surface area contributed by atoms with Crippen LogP contribution in [0, 0.1) is 0 Å². The van der Waals surface area contributed by atoms with Gasteiger partial charge in [0.15, 0.2) is 11.5 Å². The van der Waals surface area contributed by atoms with Gasteiger partial charge < -0.3 is 14.8 Å². The molecule has 2 heterocycles. The lowest BCUT2D eigenvalue weighted by Gasteiger charge is -2.09. The molecule has 0 saturated heterocycles. The SMILES string of the molecule is COc1ccccc1-c1nnc2ccc(OCCNC(=O)Cc3ccc(-c4ccccc4)cc3)nn12. The van der Waals surface area contributed by atoms with E-state index in [1.165, 1.54) is 0 Å². The van der Waals surface area contributed by atoms with Crippen LogP contribution in [0.5, 0.6) is 11.6 Å². The highest BCUT2D eigenvalue weighted by atomic mass is 16.5. The predicted molar refractivity (Wildman–Crippen MR) is 137 cm³/mol. The molecule has 0 spiro atoms. The van der Waals surface area contributed by atoms with Gasteiger partial charge in [-0.25, -0.2) is 0 Å². The first-order valence-electron chi connectivity index (χ1n) is 11.6. The molecule has 0 aliphatic carbocycles. The summed E-state index contributed by atoms with van der Waals surface area (Å²) in [5.74, 6) is 1.58. The molecule has 0 fully saturated rings. The summed E-state index contributed by atoms with van der Waals surface area (Å²) >= 11 is 0. The fraction of sp³-hybridized carbons (Fsp3) is 0.143. The van der Waals surface area contributed by atoms with Gasteiger partial charge in [-0.2, -0.15) is 4.52 Å². The summed E-state index contributed by atoms with van der Waals surface area (Å²) < 4.78 is 12.8. The van der Waals surface area contributed by atoms with Gasteiger partial charge in [-0.05, 0) is 34.9 Å². The third-order valence-electron chi connectivity index (χ3n) is 5.69. The first-order chi connectivity index (χ1) is 17.7. The van der Waals surface area contributed by atoms with Gasteiger partial charge in [-0.15, -0.1) is 15.3 Å². The van der Waals surface area contributed by atoms with Crippen LogP contribution in [-0.4, -0.2) is 46.0 Å². The lowest BCUT2D eigenvalue weighted by Crippen LogP contribution is -2.29. The molecule has 8 heteroatoms. The fourth-order valence-electron chi connectivity index (χ4n) is 3.89. The number of nitrogens with zero attached hydrogens (tertiary/aromatic N) is 4. The fourth-order valence-corrected chi connectivity index (χ4v) is 3.89. The van der Waals surface area contributed by atoms with Crippen molar-refractivity contribution in [3.8, 4) is 34.1 Å². The maximum atomic E-state index is 12.4. The molecule has 1 amide bonds. The number of aromatic nitrogens is 4. The van der Waals surface area contributed by atoms with Gasteiger partial charge in [-0.1, -0.05) is 66.7 Å². The summed E-state index contributed by atoms with van der Waals surface area (Å²) in [6.07, 6.45) is 0.308. The number of carbonyl (C=O) groups excluding carboxylic acids is 1. The van der Waals surface area contributed by atoms with Gasteiger partial charge in [0.2, 0.25) is 11.8 Å². The third kappa shape index (κ3) is 5.17. The Morgan fingerprint density at radius 1 is 0.861 bits per heavy atom. The zero-order valence-electron chi connectivity index (χ0n) is 19.8. The van der Waals surface area contributed by atoms with E-state index in [1.54, 1.807) is 23.8 Å². The number of fused-ring (bicyclic) bond motifs is 1. The topological polar surface area (TPSA) is 90.6 Å². The van der Waals surface area contributed by atoms with Crippen LogP contribution in [-0.2, 0) is 11.2 Å². The molecule has 2 aromatic heterocycles. The van der Waals surface area contributed by atoms with E-state index >= 15 is 0 Å². The van der Waals surface area contributed by atoms with Crippen LogP contribution < -0.4 is 14.8 Å². The number of ether oxygens (including phenoxy) is 2. The number of methoxy groups -OCH3 is 1. The molecule has 180 valence electrons. The number of nitrogens with one attached hydrogen (secondary N) is 1. The zero-order valence-corrected chi connectivity index (χ0v) is 19.8. The molecule has 36 heavy (non-hydrogen) atoms. The van der Waals surface area contributed by atoms with Crippen LogP contribution in [0.15, 0.2) is 91.0 Å². The number of amides is 1. The molecule has 0 unspecified atom stereocenters. The molecule has 0 bridgehead atoms. The Balaban J connectivity index is 1.15. The van der Waals surface area contributed by atoms with Crippen molar-refractivity contribution in [2.75, 3.05) is 20.3 Å². The van der Waals surface area contributed by atoms with Gasteiger partial charge in [0, 0.05) is 6.07 Å². The number of carbonyl (C=O) groups is 1. The summed E-state index contributed by atoms with van der Waals surface area (Å²) in [6, 6.07) is 29.2. The molecule has 0 aliphatic heterocycles. The third-order valence-corrected chi connectivity index (χ3v) is 5.69. The van der Waals surface area contributed by atoms with Crippen molar-refractivity contribution in [3.63, 3.8) is 0 Å². The first kappa shape index (κ1) is 23.0. The van der Waals surface area contributed by atoms with Crippen molar-refractivity contribution in [1.82, 2.24) is 25.1 Å². The predicted octanol–water partition coefficient (Wildman–Crippen LogP) is 4.20. The number of rotatable bonds is 9. The highest BCUT2D eigenvalue weighted by molar-refractivity contribution is 5.78. The first-order valence-corrected chi connectivity index (χ1v) is 11.6. The Labute approximate surface area is 208 Å². The smallest absolute Gasteiger partial charge is 0.231 e. The maximum Gasteiger partial charge on any atom is 0.231 e. The quantitative estimate of drug-likeness (QED) is 0.319. The normalized spacial score (nSPS) is 10.8. The van der Waals surface area contributed by atoms with Crippen molar-refractivity contribution >= 4 is 11.6 Å². The lowest BCUT2D eigenvalue weighted by atomic mass is 10.0. The van der Waals surface area contributed by atoms with E-state index in [-0.39, 0.29) is 12.5 Å². The Morgan fingerprint density at radius 2 is 1.61 bits per heavy atom. The van der Waals surface area contributed by atoms with E-state index in [0.29, 0.717) is 36.1 Å². The van der Waals surface area contributed by atoms with Crippen molar-refractivity contribution in [2.45, 2.75) is 6.42 Å². The molecular weight excluding hydrogens is 454 g/mol. The highest BCUT2D eigenvalue weighted by Crippen LogP contribution is 2.28. The molecule has 0 saturated carbocycles. The average Bonchev–Trinajstić information content (AvgIpc) is 3.35. The van der Waals surface area contributed by atoms with Crippen LogP contribution in [0.3, 0.4) is 0 Å². The second-order valence-electron chi connectivity index (χ2n) is 8.10. The Hall–Kier alpha value is -4.72. The van der Waals surface area contributed by atoms with Crippen LogP contribution in [0.4, 0.5) is 0 Å². The van der Waals surface area contributed by atoms with Gasteiger partial charge in [0.25, 0.3) is 0 Å². The molecule has 5 aromatic rings. The minimum Gasteiger partial charge on any atom is -0.496 e. The molecule has 0 aliphatic rings. The van der Waals surface area contributed by atoms with E-state index in [4.69, 9.17) is 9.47 Å². The number of benzene rings is 3. The van der Waals surface area contributed by atoms with Crippen molar-refractivity contribution in [1.29, 1.82) is 0 Å². The molecule has 5 rings (SSSR count). The Bertz CT molecular complexity index is 1470. The van der Waals surface area contributed by atoms with Crippen LogP contribution in [0.25, 0.3) is 28.2 Å². The monoisotopic (exact) mass is 479 g/mol. The number of para-hydroxylation sites is 1. The van der Waals surface area contributed by atoms with Crippen LogP contribution in [0.1, 0.15) is 5.56 Å². The second kappa shape index (κ2) is 10.7. The van der Waals surface area contributed by atoms with Gasteiger partial charge >= 0.3 is 0 Å². The zero-order chi connectivity index (χ0) is 24.7. The highest BCUT2D eigenvalue weighted by Gasteiger charge is 2.14. The van der Waals surface area contributed by atoms with E-state index in [9.17, 15) is 4.79 Å². The molecule has 0 radical (unpaired) electrons.